The van der Waals surface area contributed by atoms with Crippen LogP contribution in [-0.2, 0) is 24.0 Å². The quantitative estimate of drug-likeness (QED) is 0.234. The highest BCUT2D eigenvalue weighted by Gasteiger charge is 2.51. The number of nitrogens with one attached hydrogen (secondary N) is 3. The van der Waals surface area contributed by atoms with Crippen LogP contribution in [0, 0.1) is 17.8 Å². The Morgan fingerprint density at radius 2 is 1.92 bits per heavy atom. The molecule has 3 rings (SSSR count). The third-order valence-corrected chi connectivity index (χ3v) is 7.33. The van der Waals surface area contributed by atoms with Gasteiger partial charge in [0, 0.05) is 13.1 Å². The molecule has 1 saturated carbocycles. The summed E-state index contributed by atoms with van der Waals surface area (Å²) in [5.74, 6) is -6.79. The Hall–Kier alpha value is -2.64. The fourth-order valence-electron chi connectivity index (χ4n) is 5.40. The van der Waals surface area contributed by atoms with Crippen molar-refractivity contribution in [3.05, 3.63) is 0 Å². The smallest absolute Gasteiger partial charge is 0.356 e. The number of amides is 5. The van der Waals surface area contributed by atoms with E-state index in [2.05, 4.69) is 10.7 Å². The highest BCUT2D eigenvalue weighted by Crippen LogP contribution is 2.42. The minimum Gasteiger partial charge on any atom is -0.356 e. The number of halogens is 5. The highest BCUT2D eigenvalue weighted by molar-refractivity contribution is 6.29. The lowest BCUT2D eigenvalue weighted by Gasteiger charge is -2.33. The van der Waals surface area contributed by atoms with Gasteiger partial charge in [0.25, 0.3) is 17.4 Å². The molecule has 15 heteroatoms. The lowest BCUT2D eigenvalue weighted by molar-refractivity contribution is -0.175. The summed E-state index contributed by atoms with van der Waals surface area (Å²) in [5, 5.41) is 4.91. The summed E-state index contributed by atoms with van der Waals surface area (Å²) >= 11 is 5.31. The van der Waals surface area contributed by atoms with Gasteiger partial charge in [-0.1, -0.05) is 31.4 Å². The van der Waals surface area contributed by atoms with Crippen molar-refractivity contribution in [1.29, 1.82) is 0 Å². The second-order valence-electron chi connectivity index (χ2n) is 9.60. The van der Waals surface area contributed by atoms with Crippen molar-refractivity contribution in [3.63, 3.8) is 0 Å². The second kappa shape index (κ2) is 11.8. The Morgan fingerprint density at radius 3 is 2.49 bits per heavy atom. The van der Waals surface area contributed by atoms with E-state index < -0.39 is 53.4 Å². The van der Waals surface area contributed by atoms with Gasteiger partial charge in [0.15, 0.2) is 0 Å². The molecular weight excluding hydrogens is 526 g/mol. The molecule has 3 N–H and O–H groups in total. The molecule has 0 radical (unpaired) electrons. The molecule has 5 amide bonds. The first-order chi connectivity index (χ1) is 17.3. The van der Waals surface area contributed by atoms with Gasteiger partial charge in [0.2, 0.25) is 11.8 Å². The number of hydrogen-bond donors (Lipinski definition) is 3. The van der Waals surface area contributed by atoms with Crippen molar-refractivity contribution in [2.75, 3.05) is 19.6 Å². The summed E-state index contributed by atoms with van der Waals surface area (Å²) in [4.78, 5) is 63.8. The SMILES string of the molecule is CCC[C@H](NC(=O)C(F)(F)F)C(=O)N1C[C@@H]2CCC[C@@H]2[C@H]1C(=O)NN(C[C@@H]1CCNC1=O)C(=O)[C@H](F)Cl. The molecule has 3 aliphatic rings. The van der Waals surface area contributed by atoms with Crippen LogP contribution in [0.2, 0.25) is 0 Å². The standard InChI is InChI=1S/C22H30ClF4N5O5/c1-2-4-14(29-21(37)22(25,26)27)19(35)31-9-11-5-3-6-13(11)15(31)18(34)30-32(20(36)16(23)24)10-12-7-8-28-17(12)33/h11-16H,2-10H2,1H3,(H,28,33)(H,29,37)(H,30,34)/t11-,12-,13-,14-,15-,16-/m0/s1. The van der Waals surface area contributed by atoms with E-state index in [1.165, 1.54) is 0 Å². The van der Waals surface area contributed by atoms with Gasteiger partial charge in [-0.2, -0.15) is 13.2 Å². The number of likely N-dealkylation sites (tertiary alicyclic amines) is 1. The van der Waals surface area contributed by atoms with E-state index in [1.807, 2.05) is 0 Å². The summed E-state index contributed by atoms with van der Waals surface area (Å²) < 4.78 is 52.3. The third kappa shape index (κ3) is 6.63. The van der Waals surface area contributed by atoms with Crippen LogP contribution in [0.4, 0.5) is 17.6 Å². The summed E-state index contributed by atoms with van der Waals surface area (Å²) in [6, 6.07) is -2.67. The summed E-state index contributed by atoms with van der Waals surface area (Å²) in [6.07, 6.45) is -2.64. The van der Waals surface area contributed by atoms with E-state index in [4.69, 9.17) is 11.6 Å². The Balaban J connectivity index is 1.82. The first-order valence-electron chi connectivity index (χ1n) is 12.2. The molecule has 10 nitrogen and oxygen atoms in total. The molecule has 1 aliphatic carbocycles. The molecule has 2 aliphatic heterocycles. The van der Waals surface area contributed by atoms with E-state index in [-0.39, 0.29) is 43.7 Å². The predicted molar refractivity (Wildman–Crippen MR) is 121 cm³/mol. The van der Waals surface area contributed by atoms with E-state index >= 15 is 0 Å². The minimum absolute atomic E-state index is 0.0853. The average molecular weight is 556 g/mol. The zero-order chi connectivity index (χ0) is 27.5. The van der Waals surface area contributed by atoms with Crippen molar-refractivity contribution in [3.8, 4) is 0 Å². The van der Waals surface area contributed by atoms with Crippen LogP contribution in [0.5, 0.6) is 0 Å². The van der Waals surface area contributed by atoms with Gasteiger partial charge in [-0.15, -0.1) is 0 Å². The van der Waals surface area contributed by atoms with E-state index in [1.54, 1.807) is 12.2 Å². The molecule has 6 atom stereocenters. The maximum Gasteiger partial charge on any atom is 0.471 e. The molecule has 208 valence electrons. The Morgan fingerprint density at radius 1 is 1.22 bits per heavy atom. The highest BCUT2D eigenvalue weighted by atomic mass is 35.5. The van der Waals surface area contributed by atoms with Crippen LogP contribution < -0.4 is 16.1 Å². The maximum absolute atomic E-state index is 13.7. The Bertz CT molecular complexity index is 920. The minimum atomic E-state index is -5.19. The van der Waals surface area contributed by atoms with E-state index in [9.17, 15) is 41.5 Å². The third-order valence-electron chi connectivity index (χ3n) is 7.14. The van der Waals surface area contributed by atoms with Gasteiger partial charge in [0.05, 0.1) is 12.5 Å². The number of alkyl halides is 5. The second-order valence-corrected chi connectivity index (χ2v) is 9.99. The number of nitrogens with zero attached hydrogens (tertiary/aromatic N) is 2. The summed E-state index contributed by atoms with van der Waals surface area (Å²) in [5.41, 5.74) is -0.203. The largest absolute Gasteiger partial charge is 0.471 e. The molecule has 2 heterocycles. The van der Waals surface area contributed by atoms with Crippen LogP contribution >= 0.6 is 11.6 Å². The van der Waals surface area contributed by atoms with Crippen LogP contribution in [0.15, 0.2) is 0 Å². The fourth-order valence-corrected chi connectivity index (χ4v) is 5.52. The normalized spacial score (nSPS) is 26.8. The van der Waals surface area contributed by atoms with Gasteiger partial charge < -0.3 is 15.5 Å². The molecule has 0 aromatic carbocycles. The zero-order valence-electron chi connectivity index (χ0n) is 20.2. The summed E-state index contributed by atoms with van der Waals surface area (Å²) in [7, 11) is 0. The summed E-state index contributed by atoms with van der Waals surface area (Å²) in [6.45, 7) is 1.71. The average Bonchev–Trinajstić information content (AvgIpc) is 3.52. The first-order valence-corrected chi connectivity index (χ1v) is 12.6. The van der Waals surface area contributed by atoms with Gasteiger partial charge in [-0.05, 0) is 37.5 Å². The number of fused-ring (bicyclic) bond motifs is 1. The molecule has 2 saturated heterocycles. The van der Waals surface area contributed by atoms with Gasteiger partial charge in [0.1, 0.15) is 12.1 Å². The van der Waals surface area contributed by atoms with Crippen LogP contribution in [0.25, 0.3) is 0 Å². The molecule has 3 fully saturated rings. The van der Waals surface area contributed by atoms with Crippen molar-refractivity contribution >= 4 is 41.1 Å². The van der Waals surface area contributed by atoms with E-state index in [0.29, 0.717) is 30.8 Å². The van der Waals surface area contributed by atoms with Crippen LogP contribution in [-0.4, -0.2) is 83.0 Å². The molecule has 37 heavy (non-hydrogen) atoms. The monoisotopic (exact) mass is 555 g/mol. The zero-order valence-corrected chi connectivity index (χ0v) is 20.9. The van der Waals surface area contributed by atoms with Crippen molar-refractivity contribution in [1.82, 2.24) is 26.0 Å². The predicted octanol–water partition coefficient (Wildman–Crippen LogP) is 0.991. The Labute approximate surface area is 215 Å². The van der Waals surface area contributed by atoms with Crippen LogP contribution in [0.3, 0.4) is 0 Å². The first kappa shape index (κ1) is 28.9. The van der Waals surface area contributed by atoms with Gasteiger partial charge in [-0.25, -0.2) is 9.40 Å². The number of rotatable bonds is 8. The van der Waals surface area contributed by atoms with Crippen molar-refractivity contribution in [2.24, 2.45) is 17.8 Å². The van der Waals surface area contributed by atoms with Crippen molar-refractivity contribution < 1.29 is 41.5 Å². The lowest BCUT2D eigenvalue weighted by Crippen LogP contribution is -2.59. The molecule has 0 aromatic rings. The number of carbonyl (C=O) groups is 5. The molecule has 0 aromatic heterocycles. The lowest BCUT2D eigenvalue weighted by atomic mass is 9.93. The molecule has 0 spiro atoms. The number of hydrogen-bond acceptors (Lipinski definition) is 5. The number of carbonyl (C=O) groups excluding carboxylic acids is 5. The van der Waals surface area contributed by atoms with Gasteiger partial charge in [-0.3, -0.25) is 29.4 Å². The Kier molecular flexibility index (Phi) is 9.24. The number of hydrazine groups is 1. The maximum atomic E-state index is 13.7. The van der Waals surface area contributed by atoms with Crippen molar-refractivity contribution in [2.45, 2.75) is 69.3 Å². The fraction of sp³-hybridized carbons (Fsp3) is 0.773. The molecule has 0 unspecified atom stereocenters. The molecular formula is C22H30ClF4N5O5. The molecule has 0 bridgehead atoms. The van der Waals surface area contributed by atoms with Crippen LogP contribution in [0.1, 0.15) is 45.4 Å². The van der Waals surface area contributed by atoms with Gasteiger partial charge >= 0.3 is 12.1 Å². The van der Waals surface area contributed by atoms with E-state index in [0.717, 1.165) is 11.3 Å². The topological polar surface area (TPSA) is 128 Å².